The number of nitrogens with one attached hydrogen (secondary N) is 3. The minimum Gasteiger partial charge on any atom is -0.456 e. The summed E-state index contributed by atoms with van der Waals surface area (Å²) in [6.45, 7) is -0.599. The van der Waals surface area contributed by atoms with Gasteiger partial charge in [-0.05, 0) is 25.0 Å². The molecule has 11 heteroatoms. The number of imide groups is 1. The minimum atomic E-state index is -3.64. The first kappa shape index (κ1) is 21.8. The van der Waals surface area contributed by atoms with Crippen LogP contribution >= 0.6 is 0 Å². The van der Waals surface area contributed by atoms with Gasteiger partial charge >= 0.3 is 12.0 Å². The number of rotatable bonds is 6. The van der Waals surface area contributed by atoms with E-state index in [9.17, 15) is 22.8 Å². The molecular weight excluding hydrogens is 412 g/mol. The summed E-state index contributed by atoms with van der Waals surface area (Å²) in [5, 5.41) is 4.87. The quantitative estimate of drug-likeness (QED) is 0.563. The molecule has 1 aliphatic heterocycles. The maximum absolute atomic E-state index is 12.0. The largest absolute Gasteiger partial charge is 0.456 e. The van der Waals surface area contributed by atoms with Crippen LogP contribution < -0.4 is 15.4 Å². The lowest BCUT2D eigenvalue weighted by molar-refractivity contribution is -0.148. The fourth-order valence-electron chi connectivity index (χ4n) is 3.36. The number of fused-ring (bicyclic) bond motifs is 1. The summed E-state index contributed by atoms with van der Waals surface area (Å²) in [7, 11) is -3.64. The number of carbonyl (C=O) groups excluding carboxylic acids is 3. The van der Waals surface area contributed by atoms with Gasteiger partial charge in [-0.3, -0.25) is 24.6 Å². The minimum absolute atomic E-state index is 0.0190. The molecule has 3 N–H and O–H groups in total. The van der Waals surface area contributed by atoms with Crippen molar-refractivity contribution >= 4 is 33.8 Å². The van der Waals surface area contributed by atoms with Gasteiger partial charge in [0.1, 0.15) is 5.84 Å². The predicted molar refractivity (Wildman–Crippen MR) is 107 cm³/mol. The molecule has 0 spiro atoms. The molecule has 3 amide bonds. The van der Waals surface area contributed by atoms with Crippen molar-refractivity contribution in [3.8, 4) is 0 Å². The number of urea groups is 1. The van der Waals surface area contributed by atoms with Crippen LogP contribution in [0.5, 0.6) is 0 Å². The molecule has 1 fully saturated rings. The summed E-state index contributed by atoms with van der Waals surface area (Å²) in [4.78, 5) is 39.5. The maximum atomic E-state index is 12.0. The number of amides is 3. The molecule has 0 saturated heterocycles. The predicted octanol–water partition coefficient (Wildman–Crippen LogP) is 0.817. The lowest BCUT2D eigenvalue weighted by Crippen LogP contribution is -2.46. The molecule has 1 saturated carbocycles. The normalized spacial score (nSPS) is 18.9. The molecular formula is C19H24N4O6S. The highest BCUT2D eigenvalue weighted by Gasteiger charge is 2.30. The number of amidine groups is 1. The van der Waals surface area contributed by atoms with E-state index in [1.165, 1.54) is 6.07 Å². The molecule has 0 bridgehead atoms. The fourth-order valence-corrected chi connectivity index (χ4v) is 4.61. The van der Waals surface area contributed by atoms with Gasteiger partial charge in [0.15, 0.2) is 6.61 Å². The van der Waals surface area contributed by atoms with Crippen molar-refractivity contribution < 1.29 is 27.5 Å². The van der Waals surface area contributed by atoms with E-state index in [1.54, 1.807) is 18.2 Å². The topological polar surface area (TPSA) is 143 Å². The fraction of sp³-hybridized carbons (Fsp3) is 0.474. The van der Waals surface area contributed by atoms with Crippen molar-refractivity contribution in [3.63, 3.8) is 0 Å². The summed E-state index contributed by atoms with van der Waals surface area (Å²) >= 11 is 0. The van der Waals surface area contributed by atoms with Gasteiger partial charge in [0.05, 0.1) is 17.9 Å². The summed E-state index contributed by atoms with van der Waals surface area (Å²) in [6, 6.07) is 5.85. The molecule has 10 nitrogen and oxygen atoms in total. The van der Waals surface area contributed by atoms with Crippen molar-refractivity contribution in [2.45, 2.75) is 49.5 Å². The van der Waals surface area contributed by atoms with Crippen LogP contribution in [0, 0.1) is 0 Å². The number of aliphatic imine (C=N–C) groups is 1. The van der Waals surface area contributed by atoms with E-state index < -0.39 is 34.5 Å². The molecule has 0 radical (unpaired) electrons. The van der Waals surface area contributed by atoms with Crippen LogP contribution in [0.25, 0.3) is 0 Å². The molecule has 0 atom stereocenters. The van der Waals surface area contributed by atoms with E-state index in [-0.39, 0.29) is 29.7 Å². The Bertz CT molecular complexity index is 954. The van der Waals surface area contributed by atoms with Crippen molar-refractivity contribution in [3.05, 3.63) is 29.8 Å². The van der Waals surface area contributed by atoms with Gasteiger partial charge < -0.3 is 10.1 Å². The first-order chi connectivity index (χ1) is 14.3. The molecule has 0 aromatic heterocycles. The Labute approximate surface area is 174 Å². The standard InChI is InChI=1S/C19H24N4O6S/c24-16(22-19(26)21-13-6-2-1-3-7-13)12-29-17(25)10-11-20-18-14-8-4-5-9-15(14)30(27,28)23-18/h4-5,8-9,13H,1-3,6-7,10-12H2,(H,20,23)(H2,21,22,24,26). The van der Waals surface area contributed by atoms with Gasteiger partial charge in [-0.1, -0.05) is 31.4 Å². The van der Waals surface area contributed by atoms with Crippen LogP contribution in [0.1, 0.15) is 44.1 Å². The van der Waals surface area contributed by atoms with Gasteiger partial charge in [0.25, 0.3) is 15.9 Å². The van der Waals surface area contributed by atoms with Crippen LogP contribution in [-0.2, 0) is 24.3 Å². The highest BCUT2D eigenvalue weighted by molar-refractivity contribution is 7.90. The van der Waals surface area contributed by atoms with Crippen LogP contribution in [0.15, 0.2) is 34.2 Å². The van der Waals surface area contributed by atoms with E-state index in [0.29, 0.717) is 5.56 Å². The second-order valence-corrected chi connectivity index (χ2v) is 8.75. The van der Waals surface area contributed by atoms with Crippen molar-refractivity contribution in [2.75, 3.05) is 13.2 Å². The Kier molecular flexibility index (Phi) is 7.03. The first-order valence-corrected chi connectivity index (χ1v) is 11.3. The third-order valence-corrected chi connectivity index (χ3v) is 6.20. The molecule has 0 unspecified atom stereocenters. The summed E-state index contributed by atoms with van der Waals surface area (Å²) in [5.41, 5.74) is 0.439. The highest BCUT2D eigenvalue weighted by atomic mass is 32.2. The number of benzene rings is 1. The molecule has 1 aromatic carbocycles. The Balaban J connectivity index is 1.38. The van der Waals surface area contributed by atoms with Crippen LogP contribution in [0.3, 0.4) is 0 Å². The Morgan fingerprint density at radius 2 is 1.87 bits per heavy atom. The van der Waals surface area contributed by atoms with E-state index >= 15 is 0 Å². The Hall–Kier alpha value is -2.95. The van der Waals surface area contributed by atoms with E-state index in [4.69, 9.17) is 4.74 Å². The third kappa shape index (κ3) is 5.78. The van der Waals surface area contributed by atoms with Crippen LogP contribution in [-0.4, -0.2) is 51.4 Å². The highest BCUT2D eigenvalue weighted by Crippen LogP contribution is 2.22. The van der Waals surface area contributed by atoms with Crippen LogP contribution in [0.2, 0.25) is 0 Å². The lowest BCUT2D eigenvalue weighted by atomic mass is 9.96. The van der Waals surface area contributed by atoms with Crippen molar-refractivity contribution in [1.29, 1.82) is 0 Å². The molecule has 1 heterocycles. The molecule has 1 aromatic rings. The Morgan fingerprint density at radius 1 is 1.13 bits per heavy atom. The molecule has 3 rings (SSSR count). The van der Waals surface area contributed by atoms with E-state index in [2.05, 4.69) is 20.3 Å². The molecule has 162 valence electrons. The lowest BCUT2D eigenvalue weighted by Gasteiger charge is -2.22. The third-order valence-electron chi connectivity index (χ3n) is 4.81. The average Bonchev–Trinajstić information content (AvgIpc) is 2.98. The molecule has 2 aliphatic rings. The number of hydrogen-bond acceptors (Lipinski definition) is 7. The number of esters is 1. The van der Waals surface area contributed by atoms with Gasteiger partial charge in [-0.25, -0.2) is 13.2 Å². The zero-order valence-corrected chi connectivity index (χ0v) is 17.2. The number of sulfonamides is 1. The Morgan fingerprint density at radius 3 is 2.63 bits per heavy atom. The summed E-state index contributed by atoms with van der Waals surface area (Å²) < 4.78 is 31.1. The van der Waals surface area contributed by atoms with Crippen molar-refractivity contribution in [1.82, 2.24) is 15.4 Å². The first-order valence-electron chi connectivity index (χ1n) is 9.78. The SMILES string of the molecule is O=C(COC(=O)CCN=C1NS(=O)(=O)c2ccccc21)NC(=O)NC1CCCCC1. The van der Waals surface area contributed by atoms with Crippen molar-refractivity contribution in [2.24, 2.45) is 4.99 Å². The summed E-state index contributed by atoms with van der Waals surface area (Å²) in [5.74, 6) is -1.24. The average molecular weight is 436 g/mol. The summed E-state index contributed by atoms with van der Waals surface area (Å²) in [6.07, 6.45) is 4.88. The zero-order chi connectivity index (χ0) is 21.6. The van der Waals surface area contributed by atoms with Gasteiger partial charge in [0.2, 0.25) is 0 Å². The van der Waals surface area contributed by atoms with Gasteiger partial charge in [-0.15, -0.1) is 0 Å². The molecule has 30 heavy (non-hydrogen) atoms. The van der Waals surface area contributed by atoms with Crippen LogP contribution in [0.4, 0.5) is 4.79 Å². The second kappa shape index (κ2) is 9.70. The zero-order valence-electron chi connectivity index (χ0n) is 16.3. The number of carbonyl (C=O) groups is 3. The smallest absolute Gasteiger partial charge is 0.321 e. The monoisotopic (exact) mass is 436 g/mol. The molecule has 1 aliphatic carbocycles. The van der Waals surface area contributed by atoms with Gasteiger partial charge in [-0.2, -0.15) is 0 Å². The number of nitrogens with zero attached hydrogens (tertiary/aromatic N) is 1. The van der Waals surface area contributed by atoms with E-state index in [0.717, 1.165) is 32.1 Å². The van der Waals surface area contributed by atoms with E-state index in [1.807, 2.05) is 0 Å². The second-order valence-electron chi connectivity index (χ2n) is 7.10. The van der Waals surface area contributed by atoms with Gasteiger partial charge in [0, 0.05) is 11.6 Å². The maximum Gasteiger partial charge on any atom is 0.321 e. The number of hydrogen-bond donors (Lipinski definition) is 3. The number of ether oxygens (including phenoxy) is 1.